The molecule has 0 unspecified atom stereocenters. The predicted molar refractivity (Wildman–Crippen MR) is 110 cm³/mol. The van der Waals surface area contributed by atoms with Crippen LogP contribution in [0.15, 0.2) is 84.0 Å². The molecule has 0 aromatic heterocycles. The summed E-state index contributed by atoms with van der Waals surface area (Å²) in [6.45, 7) is 0.300. The van der Waals surface area contributed by atoms with E-state index in [9.17, 15) is 4.79 Å². The van der Waals surface area contributed by atoms with Gasteiger partial charge in [-0.1, -0.05) is 71.9 Å². The number of rotatable bonds is 7. The van der Waals surface area contributed by atoms with Crippen molar-refractivity contribution in [3.8, 4) is 16.9 Å². The quantitative estimate of drug-likeness (QED) is 0.502. The summed E-state index contributed by atoms with van der Waals surface area (Å²) in [5.41, 5.74) is 3.93. The van der Waals surface area contributed by atoms with Crippen LogP contribution in [0.3, 0.4) is 0 Å². The first-order valence-corrected chi connectivity index (χ1v) is 8.92. The van der Waals surface area contributed by atoms with E-state index in [4.69, 9.17) is 9.57 Å². The molecule has 3 aromatic rings. The lowest BCUT2D eigenvalue weighted by Crippen LogP contribution is -2.29. The average Bonchev–Trinajstić information content (AvgIpc) is 2.76. The third-order valence-electron chi connectivity index (χ3n) is 4.23. The SMILES string of the molecule is CNC(=O)/C(=N\OC)c1ccccc1COc1cccc(-c2ccccc2)c1. The summed E-state index contributed by atoms with van der Waals surface area (Å²) in [6.07, 6.45) is 0. The van der Waals surface area contributed by atoms with Gasteiger partial charge in [-0.15, -0.1) is 0 Å². The highest BCUT2D eigenvalue weighted by atomic mass is 16.6. The van der Waals surface area contributed by atoms with Gasteiger partial charge < -0.3 is 14.9 Å². The fourth-order valence-corrected chi connectivity index (χ4v) is 2.86. The van der Waals surface area contributed by atoms with Crippen molar-refractivity contribution in [1.82, 2.24) is 5.32 Å². The van der Waals surface area contributed by atoms with Crippen molar-refractivity contribution in [2.24, 2.45) is 5.16 Å². The number of likely N-dealkylation sites (N-methyl/N-ethyl adjacent to an activating group) is 1. The third kappa shape index (κ3) is 4.57. The van der Waals surface area contributed by atoms with Crippen molar-refractivity contribution < 1.29 is 14.4 Å². The molecule has 0 aliphatic carbocycles. The highest BCUT2D eigenvalue weighted by molar-refractivity contribution is 6.45. The highest BCUT2D eigenvalue weighted by Gasteiger charge is 2.17. The minimum atomic E-state index is -0.319. The summed E-state index contributed by atoms with van der Waals surface area (Å²) < 4.78 is 6.01. The molecular weight excluding hydrogens is 352 g/mol. The summed E-state index contributed by atoms with van der Waals surface area (Å²) in [6, 6.07) is 25.5. The van der Waals surface area contributed by atoms with Crippen LogP contribution in [0, 0.1) is 0 Å². The molecule has 0 atom stereocenters. The number of nitrogens with one attached hydrogen (secondary N) is 1. The van der Waals surface area contributed by atoms with Crippen LogP contribution in [0.5, 0.6) is 5.75 Å². The molecule has 5 nitrogen and oxygen atoms in total. The van der Waals surface area contributed by atoms with E-state index in [0.717, 1.165) is 22.4 Å². The van der Waals surface area contributed by atoms with E-state index in [1.807, 2.05) is 66.7 Å². The Morgan fingerprint density at radius 2 is 1.64 bits per heavy atom. The standard InChI is InChI=1S/C23H22N2O3/c1-24-23(26)22(25-27-2)21-14-7-6-11-19(21)16-28-20-13-8-12-18(15-20)17-9-4-3-5-10-17/h3-15H,16H2,1-2H3,(H,24,26)/b25-22-. The molecule has 3 rings (SSSR count). The van der Waals surface area contributed by atoms with E-state index in [1.54, 1.807) is 7.05 Å². The van der Waals surface area contributed by atoms with E-state index in [-0.39, 0.29) is 11.6 Å². The zero-order valence-electron chi connectivity index (χ0n) is 15.9. The van der Waals surface area contributed by atoms with Gasteiger partial charge in [0.2, 0.25) is 0 Å². The van der Waals surface area contributed by atoms with Crippen LogP contribution < -0.4 is 10.1 Å². The van der Waals surface area contributed by atoms with Crippen molar-refractivity contribution in [2.45, 2.75) is 6.61 Å². The molecule has 1 amide bonds. The summed E-state index contributed by atoms with van der Waals surface area (Å²) in [5.74, 6) is 0.432. The third-order valence-corrected chi connectivity index (χ3v) is 4.23. The molecule has 0 fully saturated rings. The zero-order valence-corrected chi connectivity index (χ0v) is 15.9. The molecular formula is C23H22N2O3. The van der Waals surface area contributed by atoms with Crippen LogP contribution in [-0.2, 0) is 16.2 Å². The first kappa shape index (κ1) is 19.2. The molecule has 0 bridgehead atoms. The number of carbonyl (C=O) groups excluding carboxylic acids is 1. The Balaban J connectivity index is 1.83. The van der Waals surface area contributed by atoms with E-state index >= 15 is 0 Å². The maximum atomic E-state index is 12.2. The van der Waals surface area contributed by atoms with Crippen LogP contribution in [-0.4, -0.2) is 25.8 Å². The van der Waals surface area contributed by atoms with Gasteiger partial charge in [-0.05, 0) is 28.8 Å². The summed E-state index contributed by atoms with van der Waals surface area (Å²) >= 11 is 0. The topological polar surface area (TPSA) is 59.9 Å². The maximum Gasteiger partial charge on any atom is 0.273 e. The number of ether oxygens (including phenoxy) is 1. The lowest BCUT2D eigenvalue weighted by molar-refractivity contribution is -0.114. The number of benzene rings is 3. The molecule has 0 radical (unpaired) electrons. The average molecular weight is 374 g/mol. The van der Waals surface area contributed by atoms with Crippen molar-refractivity contribution >= 4 is 11.6 Å². The molecule has 0 spiro atoms. The van der Waals surface area contributed by atoms with Crippen LogP contribution in [0.4, 0.5) is 0 Å². The van der Waals surface area contributed by atoms with Crippen molar-refractivity contribution in [1.29, 1.82) is 0 Å². The smallest absolute Gasteiger partial charge is 0.273 e. The number of amides is 1. The second kappa shape index (κ2) is 9.37. The van der Waals surface area contributed by atoms with Crippen LogP contribution >= 0.6 is 0 Å². The first-order chi connectivity index (χ1) is 13.7. The van der Waals surface area contributed by atoms with Crippen molar-refractivity contribution in [3.05, 3.63) is 90.0 Å². The number of nitrogens with zero attached hydrogens (tertiary/aromatic N) is 1. The largest absolute Gasteiger partial charge is 0.489 e. The van der Waals surface area contributed by atoms with Gasteiger partial charge in [-0.25, -0.2) is 0 Å². The lowest BCUT2D eigenvalue weighted by Gasteiger charge is -2.13. The lowest BCUT2D eigenvalue weighted by atomic mass is 10.0. The Hall–Kier alpha value is -3.60. The normalized spacial score (nSPS) is 11.0. The number of carbonyl (C=O) groups is 1. The van der Waals surface area contributed by atoms with E-state index < -0.39 is 0 Å². The van der Waals surface area contributed by atoms with Gasteiger partial charge in [0.25, 0.3) is 5.91 Å². The van der Waals surface area contributed by atoms with Crippen LogP contribution in [0.1, 0.15) is 11.1 Å². The molecule has 0 heterocycles. The molecule has 1 N–H and O–H groups in total. The van der Waals surface area contributed by atoms with Gasteiger partial charge in [0, 0.05) is 12.6 Å². The van der Waals surface area contributed by atoms with Crippen LogP contribution in [0.2, 0.25) is 0 Å². The Labute approximate surface area is 164 Å². The molecule has 3 aromatic carbocycles. The predicted octanol–water partition coefficient (Wildman–Crippen LogP) is 4.03. The molecule has 0 saturated heterocycles. The second-order valence-electron chi connectivity index (χ2n) is 6.04. The van der Waals surface area contributed by atoms with Gasteiger partial charge in [0.15, 0.2) is 5.71 Å². The Morgan fingerprint density at radius 1 is 0.929 bits per heavy atom. The van der Waals surface area contributed by atoms with Gasteiger partial charge in [0.05, 0.1) is 0 Å². The summed E-state index contributed by atoms with van der Waals surface area (Å²) in [5, 5.41) is 6.47. The Morgan fingerprint density at radius 3 is 2.39 bits per heavy atom. The second-order valence-corrected chi connectivity index (χ2v) is 6.04. The maximum absolute atomic E-state index is 12.2. The van der Waals surface area contributed by atoms with Crippen LogP contribution in [0.25, 0.3) is 11.1 Å². The monoisotopic (exact) mass is 374 g/mol. The minimum absolute atomic E-state index is 0.210. The molecule has 142 valence electrons. The van der Waals surface area contributed by atoms with E-state index in [0.29, 0.717) is 12.2 Å². The summed E-state index contributed by atoms with van der Waals surface area (Å²) in [7, 11) is 2.97. The van der Waals surface area contributed by atoms with Gasteiger partial charge in [-0.2, -0.15) is 0 Å². The summed E-state index contributed by atoms with van der Waals surface area (Å²) in [4.78, 5) is 17.0. The Bertz CT molecular complexity index is 968. The first-order valence-electron chi connectivity index (χ1n) is 8.92. The molecule has 0 aliphatic heterocycles. The zero-order chi connectivity index (χ0) is 19.8. The fourth-order valence-electron chi connectivity index (χ4n) is 2.86. The van der Waals surface area contributed by atoms with Gasteiger partial charge in [0.1, 0.15) is 19.5 Å². The van der Waals surface area contributed by atoms with Gasteiger partial charge >= 0.3 is 0 Å². The minimum Gasteiger partial charge on any atom is -0.489 e. The molecule has 5 heteroatoms. The highest BCUT2D eigenvalue weighted by Crippen LogP contribution is 2.24. The van der Waals surface area contributed by atoms with E-state index in [1.165, 1.54) is 7.11 Å². The number of hydrogen-bond acceptors (Lipinski definition) is 4. The number of hydrogen-bond donors (Lipinski definition) is 1. The van der Waals surface area contributed by atoms with E-state index in [2.05, 4.69) is 22.6 Å². The number of oxime groups is 1. The van der Waals surface area contributed by atoms with Crippen molar-refractivity contribution in [2.75, 3.05) is 14.2 Å². The molecule has 0 aliphatic rings. The fraction of sp³-hybridized carbons (Fsp3) is 0.130. The van der Waals surface area contributed by atoms with Gasteiger partial charge in [-0.3, -0.25) is 4.79 Å². The van der Waals surface area contributed by atoms with Crippen molar-refractivity contribution in [3.63, 3.8) is 0 Å². The Kier molecular flexibility index (Phi) is 6.41. The molecule has 28 heavy (non-hydrogen) atoms. The molecule has 0 saturated carbocycles.